The molecule has 0 bridgehead atoms. The first-order valence-corrected chi connectivity index (χ1v) is 7.64. The van der Waals surface area contributed by atoms with Crippen LogP contribution in [0.3, 0.4) is 0 Å². The summed E-state index contributed by atoms with van der Waals surface area (Å²) in [5.41, 5.74) is 1.87. The van der Waals surface area contributed by atoms with Gasteiger partial charge >= 0.3 is 5.97 Å². The summed E-state index contributed by atoms with van der Waals surface area (Å²) < 4.78 is 0.581. The number of aromatic nitrogens is 2. The average molecular weight is 401 g/mol. The molecule has 1 heterocycles. The van der Waals surface area contributed by atoms with Crippen LogP contribution in [0.2, 0.25) is 10.0 Å². The summed E-state index contributed by atoms with van der Waals surface area (Å²) in [5.74, 6) is -0.603. The Labute approximate surface area is 143 Å². The molecule has 0 atom stereocenters. The van der Waals surface area contributed by atoms with Crippen LogP contribution in [0.1, 0.15) is 10.4 Å². The number of anilines is 2. The fourth-order valence-corrected chi connectivity index (χ4v) is 3.03. The summed E-state index contributed by atoms with van der Waals surface area (Å²) in [4.78, 5) is 18.4. The molecule has 22 heavy (non-hydrogen) atoms. The van der Waals surface area contributed by atoms with Gasteiger partial charge in [-0.15, -0.1) is 0 Å². The molecule has 0 unspecified atom stereocenters. The molecule has 0 aliphatic rings. The van der Waals surface area contributed by atoms with Crippen molar-refractivity contribution in [2.24, 2.45) is 0 Å². The molecule has 8 heteroatoms. The molecule has 0 radical (unpaired) electrons. The lowest BCUT2D eigenvalue weighted by Gasteiger charge is -2.06. The molecule has 5 nitrogen and oxygen atoms in total. The summed E-state index contributed by atoms with van der Waals surface area (Å²) in [5, 5.41) is 13.0. The van der Waals surface area contributed by atoms with E-state index in [0.29, 0.717) is 37.2 Å². The van der Waals surface area contributed by atoms with Crippen LogP contribution in [0, 0.1) is 0 Å². The Hall–Kier alpha value is -1.76. The second-order valence-corrected chi connectivity index (χ2v) is 6.14. The lowest BCUT2D eigenvalue weighted by molar-refractivity contribution is 0.0697. The second kappa shape index (κ2) is 5.79. The minimum absolute atomic E-state index is 0.158. The van der Waals surface area contributed by atoms with Crippen LogP contribution in [0.25, 0.3) is 11.0 Å². The molecule has 0 spiro atoms. The smallest absolute Gasteiger partial charge is 0.335 e. The van der Waals surface area contributed by atoms with Gasteiger partial charge in [0.05, 0.1) is 26.8 Å². The van der Waals surface area contributed by atoms with Crippen molar-refractivity contribution in [1.29, 1.82) is 0 Å². The number of fused-ring (bicyclic) bond motifs is 1. The van der Waals surface area contributed by atoms with Gasteiger partial charge in [0.2, 0.25) is 5.95 Å². The molecule has 1 aromatic heterocycles. The van der Waals surface area contributed by atoms with Crippen molar-refractivity contribution in [3.63, 3.8) is 0 Å². The summed E-state index contributed by atoms with van der Waals surface area (Å²) in [7, 11) is 0. The van der Waals surface area contributed by atoms with E-state index in [4.69, 9.17) is 28.3 Å². The molecule has 3 N–H and O–H groups in total. The van der Waals surface area contributed by atoms with Crippen molar-refractivity contribution in [3.05, 3.63) is 50.4 Å². The second-order valence-electron chi connectivity index (χ2n) is 4.47. The standard InChI is InChI=1S/C14H8BrCl2N3O2/c15-7-4-6(13(21)22)5-10-11(7)19-14(18-10)20-12-8(16)2-1-3-9(12)17/h1-5H,(H,21,22)(H2,18,19,20). The van der Waals surface area contributed by atoms with E-state index < -0.39 is 5.97 Å². The van der Waals surface area contributed by atoms with E-state index in [1.807, 2.05) is 0 Å². The molecule has 112 valence electrons. The molecule has 3 rings (SSSR count). The Morgan fingerprint density at radius 2 is 1.95 bits per heavy atom. The number of carbonyl (C=O) groups is 1. The SMILES string of the molecule is O=C(O)c1cc(Br)c2nc(Nc3c(Cl)cccc3Cl)[nH]c2c1. The van der Waals surface area contributed by atoms with Crippen molar-refractivity contribution in [2.75, 3.05) is 5.32 Å². The van der Waals surface area contributed by atoms with E-state index in [0.717, 1.165) is 0 Å². The van der Waals surface area contributed by atoms with Crippen molar-refractivity contribution in [1.82, 2.24) is 9.97 Å². The molecule has 2 aromatic carbocycles. The minimum atomic E-state index is -1.01. The number of halogens is 3. The third-order valence-corrected chi connectivity index (χ3v) is 4.23. The van der Waals surface area contributed by atoms with E-state index in [1.54, 1.807) is 18.2 Å². The van der Waals surface area contributed by atoms with Crippen LogP contribution in [0.5, 0.6) is 0 Å². The number of carboxylic acid groups (broad SMARTS) is 1. The van der Waals surface area contributed by atoms with Gasteiger partial charge < -0.3 is 15.4 Å². The fourth-order valence-electron chi connectivity index (χ4n) is 1.99. The van der Waals surface area contributed by atoms with Gasteiger partial charge in [-0.1, -0.05) is 29.3 Å². The van der Waals surface area contributed by atoms with Crippen molar-refractivity contribution in [3.8, 4) is 0 Å². The molecule has 0 amide bonds. The first-order chi connectivity index (χ1) is 10.5. The maximum absolute atomic E-state index is 11.1. The van der Waals surface area contributed by atoms with Crippen LogP contribution in [0.4, 0.5) is 11.6 Å². The Kier molecular flexibility index (Phi) is 3.99. The topological polar surface area (TPSA) is 78.0 Å². The highest BCUT2D eigenvalue weighted by Crippen LogP contribution is 2.33. The third kappa shape index (κ3) is 2.77. The van der Waals surface area contributed by atoms with Crippen LogP contribution in [0.15, 0.2) is 34.8 Å². The molecule has 0 saturated carbocycles. The molecule has 3 aromatic rings. The number of benzene rings is 2. The molecule has 0 saturated heterocycles. The van der Waals surface area contributed by atoms with Crippen LogP contribution >= 0.6 is 39.1 Å². The fraction of sp³-hybridized carbons (Fsp3) is 0. The van der Waals surface area contributed by atoms with Crippen molar-refractivity contribution >= 4 is 67.8 Å². The molecule has 0 aliphatic heterocycles. The number of hydrogen-bond acceptors (Lipinski definition) is 3. The number of nitrogens with zero attached hydrogens (tertiary/aromatic N) is 1. The normalized spacial score (nSPS) is 10.9. The van der Waals surface area contributed by atoms with Gasteiger partial charge in [-0.25, -0.2) is 9.78 Å². The Morgan fingerprint density at radius 3 is 2.59 bits per heavy atom. The highest BCUT2D eigenvalue weighted by molar-refractivity contribution is 9.10. The van der Waals surface area contributed by atoms with Gasteiger partial charge in [0.25, 0.3) is 0 Å². The van der Waals surface area contributed by atoms with Gasteiger partial charge in [0, 0.05) is 4.47 Å². The summed E-state index contributed by atoms with van der Waals surface area (Å²) in [6.45, 7) is 0. The van der Waals surface area contributed by atoms with Crippen molar-refractivity contribution in [2.45, 2.75) is 0 Å². The maximum Gasteiger partial charge on any atom is 0.335 e. The quantitative estimate of drug-likeness (QED) is 0.573. The number of imidazole rings is 1. The number of carboxylic acids is 1. The van der Waals surface area contributed by atoms with Gasteiger partial charge in [-0.05, 0) is 40.2 Å². The number of hydrogen-bond donors (Lipinski definition) is 3. The Morgan fingerprint density at radius 1 is 1.27 bits per heavy atom. The molecular formula is C14H8BrCl2N3O2. The maximum atomic E-state index is 11.1. The largest absolute Gasteiger partial charge is 0.478 e. The van der Waals surface area contributed by atoms with E-state index in [1.165, 1.54) is 12.1 Å². The van der Waals surface area contributed by atoms with E-state index in [-0.39, 0.29) is 5.56 Å². The van der Waals surface area contributed by atoms with Gasteiger partial charge in [0.15, 0.2) is 0 Å². The van der Waals surface area contributed by atoms with Gasteiger partial charge in [-0.3, -0.25) is 0 Å². The lowest BCUT2D eigenvalue weighted by Crippen LogP contribution is -1.95. The summed E-state index contributed by atoms with van der Waals surface area (Å²) in [6, 6.07) is 8.16. The minimum Gasteiger partial charge on any atom is -0.478 e. The first kappa shape index (κ1) is 15.1. The third-order valence-electron chi connectivity index (χ3n) is 2.99. The average Bonchev–Trinajstić information content (AvgIpc) is 2.86. The molecular weight excluding hydrogens is 393 g/mol. The monoisotopic (exact) mass is 399 g/mol. The predicted molar refractivity (Wildman–Crippen MR) is 90.5 cm³/mol. The lowest BCUT2D eigenvalue weighted by atomic mass is 10.2. The van der Waals surface area contributed by atoms with Crippen molar-refractivity contribution < 1.29 is 9.90 Å². The Balaban J connectivity index is 2.06. The number of rotatable bonds is 3. The summed E-state index contributed by atoms with van der Waals surface area (Å²) >= 11 is 15.5. The van der Waals surface area contributed by atoms with E-state index in [9.17, 15) is 4.79 Å². The highest BCUT2D eigenvalue weighted by Gasteiger charge is 2.13. The zero-order valence-corrected chi connectivity index (χ0v) is 13.9. The number of aromatic amines is 1. The zero-order chi connectivity index (χ0) is 15.9. The van der Waals surface area contributed by atoms with Crippen LogP contribution < -0.4 is 5.32 Å². The van der Waals surface area contributed by atoms with Gasteiger partial charge in [-0.2, -0.15) is 0 Å². The van der Waals surface area contributed by atoms with Crippen LogP contribution in [-0.2, 0) is 0 Å². The van der Waals surface area contributed by atoms with Crippen LogP contribution in [-0.4, -0.2) is 21.0 Å². The van der Waals surface area contributed by atoms with E-state index >= 15 is 0 Å². The molecule has 0 fully saturated rings. The predicted octanol–water partition coefficient (Wildman–Crippen LogP) is 5.07. The number of H-pyrrole nitrogens is 1. The molecule has 0 aliphatic carbocycles. The number of aromatic carboxylic acids is 1. The Bertz CT molecular complexity index is 875. The number of para-hydroxylation sites is 1. The zero-order valence-electron chi connectivity index (χ0n) is 10.8. The first-order valence-electron chi connectivity index (χ1n) is 6.09. The highest BCUT2D eigenvalue weighted by atomic mass is 79.9. The van der Waals surface area contributed by atoms with E-state index in [2.05, 4.69) is 31.2 Å². The number of nitrogens with one attached hydrogen (secondary N) is 2. The van der Waals surface area contributed by atoms with Gasteiger partial charge in [0.1, 0.15) is 5.52 Å². The summed E-state index contributed by atoms with van der Waals surface area (Å²) in [6.07, 6.45) is 0.